The number of ether oxygens (including phenoxy) is 1. The summed E-state index contributed by atoms with van der Waals surface area (Å²) >= 11 is 6.11. The number of nitrogens with zero attached hydrogens (tertiary/aromatic N) is 4. The monoisotopic (exact) mass is 501 g/mol. The van der Waals surface area contributed by atoms with Crippen molar-refractivity contribution in [1.29, 1.82) is 0 Å². The van der Waals surface area contributed by atoms with E-state index in [1.165, 1.54) is 23.0 Å². The van der Waals surface area contributed by atoms with Gasteiger partial charge in [-0.15, -0.1) is 0 Å². The van der Waals surface area contributed by atoms with Crippen molar-refractivity contribution >= 4 is 36.2 Å². The molecule has 2 unspecified atom stereocenters. The van der Waals surface area contributed by atoms with Crippen LogP contribution in [0.4, 0.5) is 10.2 Å². The molecule has 3 aromatic rings. The molecule has 2 aromatic heterocycles. The summed E-state index contributed by atoms with van der Waals surface area (Å²) in [6.07, 6.45) is -4.18. The minimum absolute atomic E-state index is 0.107. The first-order chi connectivity index (χ1) is 15.5. The lowest BCUT2D eigenvalue weighted by molar-refractivity contribution is -0.0355. The lowest BCUT2D eigenvalue weighted by Crippen LogP contribution is -2.31. The van der Waals surface area contributed by atoms with E-state index in [0.717, 1.165) is 5.56 Å². The van der Waals surface area contributed by atoms with E-state index in [-0.39, 0.29) is 29.2 Å². The molecule has 33 heavy (non-hydrogen) atoms. The van der Waals surface area contributed by atoms with Crippen LogP contribution in [0.15, 0.2) is 30.6 Å². The molecule has 1 fully saturated rings. The van der Waals surface area contributed by atoms with Gasteiger partial charge in [0, 0.05) is 0 Å². The second kappa shape index (κ2) is 9.22. The number of aliphatic hydroxyl groups excluding tert-OH is 2. The number of aliphatic hydroxyl groups is 2. The van der Waals surface area contributed by atoms with E-state index in [2.05, 4.69) is 20.3 Å². The van der Waals surface area contributed by atoms with E-state index >= 15 is 0 Å². The Labute approximate surface area is 192 Å². The largest absolute Gasteiger partial charge is 0.388 e. The lowest BCUT2D eigenvalue weighted by atomic mass is 10.1. The average molecular weight is 502 g/mol. The van der Waals surface area contributed by atoms with Gasteiger partial charge in [0.15, 0.2) is 23.2 Å². The molecule has 4 rings (SSSR count). The number of imidazole rings is 1. The first-order valence-corrected chi connectivity index (χ1v) is 12.2. The van der Waals surface area contributed by atoms with Crippen LogP contribution >= 0.6 is 19.2 Å². The summed E-state index contributed by atoms with van der Waals surface area (Å²) in [6.45, 7) is 1.85. The highest BCUT2D eigenvalue weighted by molar-refractivity contribution is 7.51. The topological polar surface area (TPSA) is 163 Å². The van der Waals surface area contributed by atoms with Gasteiger partial charge < -0.3 is 30.1 Å². The molecule has 0 radical (unpaired) electrons. The van der Waals surface area contributed by atoms with Crippen LogP contribution in [-0.2, 0) is 9.30 Å². The smallest absolute Gasteiger partial charge is 0.325 e. The van der Waals surface area contributed by atoms with Crippen molar-refractivity contribution in [2.24, 2.45) is 0 Å². The second-order valence-electron chi connectivity index (χ2n) is 7.81. The number of fused-ring (bicyclic) bond motifs is 1. The Hall–Kier alpha value is -2.18. The van der Waals surface area contributed by atoms with Crippen LogP contribution in [0.5, 0.6) is 0 Å². The molecule has 1 aliphatic heterocycles. The fourth-order valence-corrected chi connectivity index (χ4v) is 4.47. The predicted octanol–water partition coefficient (Wildman–Crippen LogP) is 1.98. The first-order valence-electron chi connectivity index (χ1n) is 10.0. The Kier molecular flexibility index (Phi) is 6.70. The van der Waals surface area contributed by atoms with Gasteiger partial charge in [0.2, 0.25) is 5.28 Å². The number of nitrogens with one attached hydrogen (secondary N) is 1. The summed E-state index contributed by atoms with van der Waals surface area (Å²) in [7, 11) is -4.30. The fourth-order valence-electron chi connectivity index (χ4n) is 3.71. The predicted molar refractivity (Wildman–Crippen MR) is 116 cm³/mol. The highest BCUT2D eigenvalue weighted by Crippen LogP contribution is 2.40. The molecular weight excluding hydrogens is 480 g/mol. The summed E-state index contributed by atoms with van der Waals surface area (Å²) in [4.78, 5) is 30.8. The highest BCUT2D eigenvalue weighted by Gasteiger charge is 2.44. The maximum atomic E-state index is 13.2. The van der Waals surface area contributed by atoms with Gasteiger partial charge in [0.05, 0.1) is 24.6 Å². The van der Waals surface area contributed by atoms with Gasteiger partial charge in [-0.25, -0.2) is 9.37 Å². The highest BCUT2D eigenvalue weighted by atomic mass is 35.5. The number of halogens is 2. The molecule has 14 heteroatoms. The third-order valence-corrected chi connectivity index (χ3v) is 6.44. The molecule has 1 saturated heterocycles. The average Bonchev–Trinajstić information content (AvgIpc) is 3.27. The van der Waals surface area contributed by atoms with E-state index < -0.39 is 38.3 Å². The van der Waals surface area contributed by atoms with Crippen molar-refractivity contribution in [3.63, 3.8) is 0 Å². The minimum Gasteiger partial charge on any atom is -0.388 e. The van der Waals surface area contributed by atoms with Crippen LogP contribution in [-0.4, -0.2) is 64.0 Å². The molecule has 178 valence electrons. The normalized spacial score (nSPS) is 24.3. The van der Waals surface area contributed by atoms with Crippen molar-refractivity contribution in [3.05, 3.63) is 47.3 Å². The maximum Gasteiger partial charge on any atom is 0.325 e. The number of hydrogen-bond acceptors (Lipinski definition) is 8. The Bertz CT molecular complexity index is 1190. The number of aromatic nitrogens is 4. The number of benzene rings is 1. The van der Waals surface area contributed by atoms with E-state index in [0.29, 0.717) is 11.3 Å². The quantitative estimate of drug-likeness (QED) is 0.239. The zero-order valence-corrected chi connectivity index (χ0v) is 18.9. The Balaban J connectivity index is 1.61. The lowest BCUT2D eigenvalue weighted by Gasteiger charge is -2.18. The van der Waals surface area contributed by atoms with Crippen LogP contribution in [0.25, 0.3) is 11.2 Å². The first kappa shape index (κ1) is 24.0. The van der Waals surface area contributed by atoms with Crippen molar-refractivity contribution in [2.45, 2.75) is 43.9 Å². The van der Waals surface area contributed by atoms with Crippen LogP contribution < -0.4 is 5.32 Å². The summed E-state index contributed by atoms with van der Waals surface area (Å²) in [5, 5.41) is 23.9. The SMILES string of the molecule is C[C@H](Nc1nc(Cl)nc2c1ncn2[C@@H]1O[C@H](CCP(=O)(O)O)C(O)C1O)c1ccc(F)cc1. The van der Waals surface area contributed by atoms with Crippen molar-refractivity contribution in [1.82, 2.24) is 19.5 Å². The van der Waals surface area contributed by atoms with Crippen LogP contribution in [0.3, 0.4) is 0 Å². The number of anilines is 1. The number of hydrogen-bond donors (Lipinski definition) is 5. The van der Waals surface area contributed by atoms with Gasteiger partial charge in [-0.1, -0.05) is 12.1 Å². The standard InChI is InChI=1S/C19H22ClFN5O6P/c1-9(10-2-4-11(21)5-3-10)23-16-13-17(25-19(20)24-16)26(8-22-13)18-15(28)14(27)12(32-18)6-7-33(29,30)31/h2-5,8-9,12,14-15,18,27-28H,6-7H2,1H3,(H,23,24,25)(H2,29,30,31)/t9-,12+,14?,15?,18+/m0/s1. The van der Waals surface area contributed by atoms with Crippen molar-refractivity contribution in [3.8, 4) is 0 Å². The summed E-state index contributed by atoms with van der Waals surface area (Å²) in [5.74, 6) is -0.0553. The van der Waals surface area contributed by atoms with Gasteiger partial charge in [-0.2, -0.15) is 9.97 Å². The summed E-state index contributed by atoms with van der Waals surface area (Å²) < 4.78 is 31.5. The van der Waals surface area contributed by atoms with Crippen LogP contribution in [0.2, 0.25) is 5.28 Å². The maximum absolute atomic E-state index is 13.2. The third-order valence-electron chi connectivity index (χ3n) is 5.43. The molecule has 0 amide bonds. The third kappa shape index (κ3) is 5.17. The van der Waals surface area contributed by atoms with E-state index in [1.807, 2.05) is 6.92 Å². The number of rotatable bonds is 7. The molecule has 5 N–H and O–H groups in total. The molecule has 5 atom stereocenters. The van der Waals surface area contributed by atoms with Crippen molar-refractivity contribution in [2.75, 3.05) is 11.5 Å². The van der Waals surface area contributed by atoms with Gasteiger partial charge in [-0.3, -0.25) is 9.13 Å². The molecule has 1 aliphatic rings. The summed E-state index contributed by atoms with van der Waals surface area (Å²) in [5.41, 5.74) is 1.33. The van der Waals surface area contributed by atoms with E-state index in [9.17, 15) is 19.2 Å². The van der Waals surface area contributed by atoms with Gasteiger partial charge in [0.1, 0.15) is 18.0 Å². The summed E-state index contributed by atoms with van der Waals surface area (Å²) in [6, 6.07) is 5.67. The molecule has 1 aromatic carbocycles. The van der Waals surface area contributed by atoms with Gasteiger partial charge in [0.25, 0.3) is 0 Å². The van der Waals surface area contributed by atoms with Gasteiger partial charge in [-0.05, 0) is 42.6 Å². The Morgan fingerprint density at radius 3 is 2.61 bits per heavy atom. The molecular formula is C19H22ClFN5O6P. The Morgan fingerprint density at radius 1 is 1.24 bits per heavy atom. The van der Waals surface area contributed by atoms with E-state index in [1.54, 1.807) is 12.1 Å². The molecule has 0 saturated carbocycles. The molecule has 0 aliphatic carbocycles. The second-order valence-corrected chi connectivity index (χ2v) is 9.92. The molecule has 3 heterocycles. The van der Waals surface area contributed by atoms with E-state index in [4.69, 9.17) is 26.1 Å². The Morgan fingerprint density at radius 2 is 1.94 bits per heavy atom. The van der Waals surface area contributed by atoms with Crippen LogP contribution in [0.1, 0.15) is 31.2 Å². The molecule has 11 nitrogen and oxygen atoms in total. The van der Waals surface area contributed by atoms with Crippen molar-refractivity contribution < 1.29 is 33.7 Å². The van der Waals surface area contributed by atoms with Crippen LogP contribution in [0, 0.1) is 5.82 Å². The zero-order chi connectivity index (χ0) is 23.9. The fraction of sp³-hybridized carbons (Fsp3) is 0.421. The van der Waals surface area contributed by atoms with Gasteiger partial charge >= 0.3 is 7.60 Å². The molecule has 0 spiro atoms. The molecule has 0 bridgehead atoms. The zero-order valence-electron chi connectivity index (χ0n) is 17.3. The minimum atomic E-state index is -4.30.